The zero-order valence-electron chi connectivity index (χ0n) is 51.7. The Bertz CT molecular complexity index is 4030. The number of fused-ring (bicyclic) bond motifs is 1. The third kappa shape index (κ3) is 20.8. The van der Waals surface area contributed by atoms with Crippen molar-refractivity contribution in [2.45, 2.75) is 54.2 Å². The molecule has 19 nitrogen and oxygen atoms in total. The maximum atomic E-state index is 12.9. The molecular weight excluding hydrogens is 1240 g/mol. The number of nitrogens with two attached hydrogens (primary N) is 2. The van der Waals surface area contributed by atoms with Crippen LogP contribution in [0.1, 0.15) is 84.8 Å². The van der Waals surface area contributed by atoms with E-state index in [-0.39, 0.29) is 42.4 Å². The standard InChI is InChI=1S/C22H18FNO2.C17H17NO3.C16H16BrN3O3.C16H17N3O3/c1-16(25)19-6-10-21(11-7-19)24-14-17-4-12-22(13-5-17)26-15-18-2-8-20(23)9-3-18;1-11-4-7-13(8-5-11)18-10-12-6-9-14(20-2)16(21-3)15(12)17(18)19;1-2-11-3-4-14(13(17)9-11)22-10-15(21)23-20-16(18)12-5-7-19-8-6-12;1-11-6-7-14(12(2)9-11)21-10-15(20)22-19-16(17)13-5-3-4-8-18-13/h2-14H,15H2,1H3;4-9H,10H2,1-3H3;3-9H,2,10H2,1H3,(H2,18,20);3-9H,10H2,1-2H3,(H2,17,19). The number of ether oxygens (including phenoxy) is 5. The fraction of sp³-hybridized carbons (Fsp3) is 0.169. The van der Waals surface area contributed by atoms with Crippen molar-refractivity contribution in [2.24, 2.45) is 26.8 Å². The van der Waals surface area contributed by atoms with E-state index in [9.17, 15) is 23.6 Å². The van der Waals surface area contributed by atoms with Crippen LogP contribution in [0.2, 0.25) is 0 Å². The zero-order valence-corrected chi connectivity index (χ0v) is 53.3. The van der Waals surface area contributed by atoms with Crippen molar-refractivity contribution in [1.29, 1.82) is 0 Å². The summed E-state index contributed by atoms with van der Waals surface area (Å²) in [6, 6.07) is 52.5. The molecule has 1 aliphatic rings. The Morgan fingerprint density at radius 2 is 1.28 bits per heavy atom. The number of oxime groups is 2. The molecular formula is C71H68BrFN8O11. The second-order valence-corrected chi connectivity index (χ2v) is 21.1. The van der Waals surface area contributed by atoms with Crippen molar-refractivity contribution in [3.05, 3.63) is 266 Å². The zero-order chi connectivity index (χ0) is 65.9. The minimum absolute atomic E-state index is 0.0282. The molecule has 0 bridgehead atoms. The summed E-state index contributed by atoms with van der Waals surface area (Å²) in [4.78, 5) is 70.7. The number of aryl methyl sites for hydroxylation is 4. The van der Waals surface area contributed by atoms with Crippen LogP contribution in [0.3, 0.4) is 0 Å². The monoisotopic (exact) mass is 1310 g/mol. The molecule has 0 unspecified atom stereocenters. The van der Waals surface area contributed by atoms with E-state index in [2.05, 4.69) is 48.1 Å². The summed E-state index contributed by atoms with van der Waals surface area (Å²) in [5, 5.41) is 7.13. The van der Waals surface area contributed by atoms with E-state index in [0.29, 0.717) is 58.5 Å². The summed E-state index contributed by atoms with van der Waals surface area (Å²) in [5.74, 6) is 1.58. The van der Waals surface area contributed by atoms with Crippen molar-refractivity contribution in [3.63, 3.8) is 0 Å². The normalized spacial score (nSPS) is 11.5. The molecule has 21 heteroatoms. The molecule has 0 spiro atoms. The van der Waals surface area contributed by atoms with Crippen LogP contribution in [0.25, 0.3) is 0 Å². The van der Waals surface area contributed by atoms with E-state index in [1.165, 1.54) is 30.2 Å². The number of nitrogens with zero attached hydrogens (tertiary/aromatic N) is 6. The first-order chi connectivity index (χ1) is 44.4. The Morgan fingerprint density at radius 3 is 1.89 bits per heavy atom. The summed E-state index contributed by atoms with van der Waals surface area (Å²) >= 11 is 3.40. The summed E-state index contributed by atoms with van der Waals surface area (Å²) in [6.45, 7) is 9.94. The van der Waals surface area contributed by atoms with Gasteiger partial charge in [0, 0.05) is 41.6 Å². The largest absolute Gasteiger partial charge is 0.493 e. The first-order valence-electron chi connectivity index (χ1n) is 28.7. The van der Waals surface area contributed by atoms with Crippen LogP contribution in [-0.2, 0) is 38.8 Å². The second-order valence-electron chi connectivity index (χ2n) is 20.2. The second kappa shape index (κ2) is 34.6. The highest BCUT2D eigenvalue weighted by molar-refractivity contribution is 9.10. The van der Waals surface area contributed by atoms with Gasteiger partial charge < -0.3 is 49.7 Å². The molecule has 92 heavy (non-hydrogen) atoms. The highest BCUT2D eigenvalue weighted by atomic mass is 79.9. The van der Waals surface area contributed by atoms with Gasteiger partial charge in [0.15, 0.2) is 42.2 Å². The van der Waals surface area contributed by atoms with Crippen LogP contribution in [-0.4, -0.2) is 78.9 Å². The van der Waals surface area contributed by atoms with E-state index in [4.69, 9.17) is 44.8 Å². The molecule has 10 rings (SSSR count). The van der Waals surface area contributed by atoms with Gasteiger partial charge in [-0.2, -0.15) is 0 Å². The van der Waals surface area contributed by atoms with Crippen LogP contribution in [0, 0.1) is 26.6 Å². The highest BCUT2D eigenvalue weighted by Crippen LogP contribution is 2.40. The molecule has 3 heterocycles. The number of methoxy groups -OCH3 is 2. The average molecular weight is 1310 g/mol. The molecule has 0 aliphatic carbocycles. The molecule has 0 fully saturated rings. The summed E-state index contributed by atoms with van der Waals surface area (Å²) in [7, 11) is 3.13. The lowest BCUT2D eigenvalue weighted by Gasteiger charge is -2.16. The number of anilines is 1. The number of Topliss-reactive ketones (excluding diaryl/α,β-unsaturated/α-hetero) is 1. The fourth-order valence-corrected chi connectivity index (χ4v) is 9.02. The number of benzene rings is 7. The van der Waals surface area contributed by atoms with Crippen molar-refractivity contribution in [1.82, 2.24) is 9.97 Å². The molecule has 0 radical (unpaired) electrons. The molecule has 1 amide bonds. The number of aromatic nitrogens is 2. The predicted molar refractivity (Wildman–Crippen MR) is 355 cm³/mol. The van der Waals surface area contributed by atoms with Crippen LogP contribution in [0.15, 0.2) is 214 Å². The molecule has 7 aromatic carbocycles. The lowest BCUT2D eigenvalue weighted by molar-refractivity contribution is -0.146. The highest BCUT2D eigenvalue weighted by Gasteiger charge is 2.33. The van der Waals surface area contributed by atoms with Gasteiger partial charge in [-0.1, -0.05) is 83.0 Å². The van der Waals surface area contributed by atoms with E-state index in [1.807, 2.05) is 124 Å². The lowest BCUT2D eigenvalue weighted by atomic mass is 10.1. The van der Waals surface area contributed by atoms with Gasteiger partial charge in [-0.15, -0.1) is 0 Å². The molecule has 4 N–H and O–H groups in total. The number of aliphatic imine (C=N–C) groups is 1. The van der Waals surface area contributed by atoms with E-state index >= 15 is 0 Å². The minimum Gasteiger partial charge on any atom is -0.493 e. The van der Waals surface area contributed by atoms with Gasteiger partial charge in [-0.25, -0.2) is 14.0 Å². The Balaban J connectivity index is 0.000000175. The van der Waals surface area contributed by atoms with Crippen LogP contribution in [0.5, 0.6) is 28.7 Å². The summed E-state index contributed by atoms with van der Waals surface area (Å²) in [5.41, 5.74) is 22.6. The average Bonchev–Trinajstić information content (AvgIpc) is 1.81. The minimum atomic E-state index is -0.645. The summed E-state index contributed by atoms with van der Waals surface area (Å²) < 4.78 is 40.8. The van der Waals surface area contributed by atoms with Crippen LogP contribution >= 0.6 is 15.9 Å². The Labute approximate surface area is 541 Å². The van der Waals surface area contributed by atoms with Gasteiger partial charge >= 0.3 is 11.9 Å². The molecule has 472 valence electrons. The molecule has 9 aromatic rings. The number of carbonyl (C=O) groups excluding carboxylic acids is 4. The maximum Gasteiger partial charge on any atom is 0.372 e. The fourth-order valence-electron chi connectivity index (χ4n) is 8.48. The lowest BCUT2D eigenvalue weighted by Crippen LogP contribution is -2.23. The molecule has 0 saturated heterocycles. The number of amides is 1. The van der Waals surface area contributed by atoms with Gasteiger partial charge in [0.2, 0.25) is 0 Å². The first kappa shape index (κ1) is 68.4. The number of pyridine rings is 2. The van der Waals surface area contributed by atoms with Gasteiger partial charge in [0.25, 0.3) is 5.91 Å². The number of halogens is 2. The van der Waals surface area contributed by atoms with Crippen molar-refractivity contribution in [3.8, 4) is 28.7 Å². The number of amidine groups is 2. The number of carbonyl (C=O) groups is 4. The quantitative estimate of drug-likeness (QED) is 0.0237. The maximum absolute atomic E-state index is 12.9. The number of rotatable bonds is 20. The van der Waals surface area contributed by atoms with Gasteiger partial charge in [0.05, 0.1) is 36.5 Å². The Hall–Kier alpha value is -11.1. The Kier molecular flexibility index (Phi) is 25.8. The van der Waals surface area contributed by atoms with E-state index < -0.39 is 11.9 Å². The van der Waals surface area contributed by atoms with Crippen molar-refractivity contribution >= 4 is 68.8 Å². The smallest absolute Gasteiger partial charge is 0.372 e. The topological polar surface area (TPSA) is 251 Å². The molecule has 2 aromatic heterocycles. The van der Waals surface area contributed by atoms with Crippen molar-refractivity contribution < 1.29 is 56.9 Å². The Morgan fingerprint density at radius 1 is 0.652 bits per heavy atom. The van der Waals surface area contributed by atoms with Gasteiger partial charge in [0.1, 0.15) is 35.4 Å². The third-order valence-electron chi connectivity index (χ3n) is 13.4. The van der Waals surface area contributed by atoms with E-state index in [1.54, 1.807) is 105 Å². The molecule has 1 aliphatic heterocycles. The van der Waals surface area contributed by atoms with Gasteiger partial charge in [-0.3, -0.25) is 24.5 Å². The molecule has 0 atom stereocenters. The van der Waals surface area contributed by atoms with Crippen molar-refractivity contribution in [2.75, 3.05) is 32.3 Å². The third-order valence-corrected chi connectivity index (χ3v) is 14.0. The number of hydrogen-bond donors (Lipinski definition) is 2. The van der Waals surface area contributed by atoms with Crippen LogP contribution < -0.4 is 40.1 Å². The van der Waals surface area contributed by atoms with Gasteiger partial charge in [-0.05, 0) is 199 Å². The summed E-state index contributed by atoms with van der Waals surface area (Å²) in [6.07, 6.45) is 7.39. The van der Waals surface area contributed by atoms with Crippen LogP contribution in [0.4, 0.5) is 15.8 Å². The SMILES string of the molecule is CC(=O)c1ccc(N=Cc2ccc(OCc3ccc(F)cc3)cc2)cc1.CCc1ccc(OCC(=O)O/N=C(\N)c2ccncc2)c(Br)c1.COc1ccc2c(c1OC)C(=O)N(c1ccc(C)cc1)C2.Cc1ccc(OCC(=O)O/N=C(\N)c2ccccn2)c(C)c1. The van der Waals surface area contributed by atoms with E-state index in [0.717, 1.165) is 55.8 Å². The first-order valence-corrected chi connectivity index (χ1v) is 29.5. The molecule has 0 saturated carbocycles. The number of ketones is 1. The predicted octanol–water partition coefficient (Wildman–Crippen LogP) is 13.1. The number of hydrogen-bond acceptors (Lipinski definition) is 16.